The standard InChI is InChI=1S/C26H21Cl3FN3O4/c1-13(36-2)12-37-26-18(10-16(30)11-31-26)25(35)33-24-21(34)7-14-5-3-4-6-17(14)23(32-24)22-19(28)8-15(27)9-20(22)29/h3-6,8-11,13,24H,7,12H2,1-2H3,(H,33,35)/t13-,24?/m0/s1. The summed E-state index contributed by atoms with van der Waals surface area (Å²) in [4.78, 5) is 34.9. The number of benzene rings is 2. The molecule has 37 heavy (non-hydrogen) atoms. The predicted octanol–water partition coefficient (Wildman–Crippen LogP) is 5.31. The number of nitrogens with zero attached hydrogens (tertiary/aromatic N) is 2. The summed E-state index contributed by atoms with van der Waals surface area (Å²) in [6.45, 7) is 1.83. The van der Waals surface area contributed by atoms with E-state index in [1.54, 1.807) is 31.2 Å². The highest BCUT2D eigenvalue weighted by Crippen LogP contribution is 2.33. The molecule has 0 radical (unpaired) electrons. The molecule has 1 N–H and O–H groups in total. The first-order chi connectivity index (χ1) is 17.7. The number of halogens is 4. The fourth-order valence-electron chi connectivity index (χ4n) is 3.71. The van der Waals surface area contributed by atoms with Gasteiger partial charge in [-0.15, -0.1) is 0 Å². The van der Waals surface area contributed by atoms with Crippen molar-refractivity contribution < 1.29 is 23.5 Å². The SMILES string of the molecule is CO[C@@H](C)COc1ncc(F)cc1C(=O)NC1N=C(c2c(Cl)cc(Cl)cc2Cl)c2ccccc2CC1=O. The highest BCUT2D eigenvalue weighted by atomic mass is 35.5. The number of hydrogen-bond donors (Lipinski definition) is 1. The molecule has 2 heterocycles. The lowest BCUT2D eigenvalue weighted by Gasteiger charge is -2.17. The summed E-state index contributed by atoms with van der Waals surface area (Å²) < 4.78 is 24.7. The van der Waals surface area contributed by atoms with Crippen LogP contribution in [0.5, 0.6) is 5.88 Å². The smallest absolute Gasteiger partial charge is 0.258 e. The molecule has 1 amide bonds. The maximum absolute atomic E-state index is 14.0. The van der Waals surface area contributed by atoms with Crippen LogP contribution in [-0.2, 0) is 16.0 Å². The average Bonchev–Trinajstić information content (AvgIpc) is 2.98. The minimum Gasteiger partial charge on any atom is -0.474 e. The lowest BCUT2D eigenvalue weighted by Crippen LogP contribution is -2.40. The van der Waals surface area contributed by atoms with Crippen molar-refractivity contribution in [3.05, 3.63) is 91.8 Å². The third kappa shape index (κ3) is 6.10. The highest BCUT2D eigenvalue weighted by molar-refractivity contribution is 6.43. The lowest BCUT2D eigenvalue weighted by atomic mass is 9.96. The maximum atomic E-state index is 14.0. The molecule has 0 fully saturated rings. The average molecular weight is 565 g/mol. The monoisotopic (exact) mass is 563 g/mol. The first-order valence-corrected chi connectivity index (χ1v) is 12.3. The molecule has 0 saturated carbocycles. The van der Waals surface area contributed by atoms with Gasteiger partial charge in [0, 0.05) is 29.7 Å². The van der Waals surface area contributed by atoms with Gasteiger partial charge in [0.25, 0.3) is 5.91 Å². The van der Waals surface area contributed by atoms with Gasteiger partial charge in [-0.25, -0.2) is 9.37 Å². The number of aromatic nitrogens is 1. The van der Waals surface area contributed by atoms with E-state index in [1.807, 2.05) is 0 Å². The summed E-state index contributed by atoms with van der Waals surface area (Å²) in [5.41, 5.74) is 1.77. The van der Waals surface area contributed by atoms with Crippen LogP contribution in [0.1, 0.15) is 34.0 Å². The van der Waals surface area contributed by atoms with Gasteiger partial charge in [0.2, 0.25) is 5.88 Å². The van der Waals surface area contributed by atoms with Crippen LogP contribution >= 0.6 is 34.8 Å². The predicted molar refractivity (Wildman–Crippen MR) is 140 cm³/mol. The number of ether oxygens (including phenoxy) is 2. The Bertz CT molecular complexity index is 1380. The summed E-state index contributed by atoms with van der Waals surface area (Å²) in [6, 6.07) is 11.1. The summed E-state index contributed by atoms with van der Waals surface area (Å²) in [7, 11) is 1.50. The number of carbonyl (C=O) groups is 2. The molecular weight excluding hydrogens is 544 g/mol. The number of methoxy groups -OCH3 is 1. The minimum absolute atomic E-state index is 0.0208. The largest absolute Gasteiger partial charge is 0.474 e. The normalized spacial score (nSPS) is 15.9. The van der Waals surface area contributed by atoms with Crippen molar-refractivity contribution in [1.82, 2.24) is 10.3 Å². The van der Waals surface area contributed by atoms with Gasteiger partial charge in [0.15, 0.2) is 11.9 Å². The number of fused-ring (bicyclic) bond motifs is 1. The van der Waals surface area contributed by atoms with Crippen LogP contribution in [0, 0.1) is 5.82 Å². The molecule has 1 aromatic heterocycles. The molecule has 0 aliphatic carbocycles. The molecule has 7 nitrogen and oxygen atoms in total. The fourth-order valence-corrected chi connectivity index (χ4v) is 4.71. The Morgan fingerprint density at radius 3 is 2.59 bits per heavy atom. The van der Waals surface area contributed by atoms with E-state index in [1.165, 1.54) is 19.2 Å². The molecule has 3 aromatic rings. The summed E-state index contributed by atoms with van der Waals surface area (Å²) in [5.74, 6) is -2.05. The number of amides is 1. The van der Waals surface area contributed by atoms with Crippen LogP contribution < -0.4 is 10.1 Å². The zero-order valence-electron chi connectivity index (χ0n) is 19.7. The van der Waals surface area contributed by atoms with Gasteiger partial charge >= 0.3 is 0 Å². The van der Waals surface area contributed by atoms with Crippen LogP contribution in [0.25, 0.3) is 0 Å². The van der Waals surface area contributed by atoms with Crippen LogP contribution in [0.15, 0.2) is 53.7 Å². The van der Waals surface area contributed by atoms with E-state index in [0.717, 1.165) is 12.3 Å². The molecule has 192 valence electrons. The quantitative estimate of drug-likeness (QED) is 0.420. The van der Waals surface area contributed by atoms with E-state index >= 15 is 0 Å². The molecule has 11 heteroatoms. The Balaban J connectivity index is 1.74. The Labute approximate surface area is 227 Å². The number of ketones is 1. The number of nitrogens with one attached hydrogen (secondary N) is 1. The fraction of sp³-hybridized carbons (Fsp3) is 0.231. The van der Waals surface area contributed by atoms with E-state index in [0.29, 0.717) is 27.4 Å². The Kier molecular flexibility index (Phi) is 8.44. The van der Waals surface area contributed by atoms with Gasteiger partial charge in [-0.1, -0.05) is 59.1 Å². The first kappa shape index (κ1) is 27.0. The zero-order chi connectivity index (χ0) is 26.7. The Morgan fingerprint density at radius 1 is 1.19 bits per heavy atom. The zero-order valence-corrected chi connectivity index (χ0v) is 22.0. The molecule has 0 bridgehead atoms. The van der Waals surface area contributed by atoms with Crippen molar-refractivity contribution in [3.8, 4) is 5.88 Å². The van der Waals surface area contributed by atoms with Gasteiger partial charge in [-0.05, 0) is 30.7 Å². The van der Waals surface area contributed by atoms with E-state index in [2.05, 4.69) is 15.3 Å². The topological polar surface area (TPSA) is 89.9 Å². The molecule has 0 saturated heterocycles. The van der Waals surface area contributed by atoms with E-state index in [9.17, 15) is 14.0 Å². The highest BCUT2D eigenvalue weighted by Gasteiger charge is 2.30. The van der Waals surface area contributed by atoms with Gasteiger partial charge in [0.1, 0.15) is 18.0 Å². The summed E-state index contributed by atoms with van der Waals surface area (Å²) in [5, 5.41) is 3.35. The lowest BCUT2D eigenvalue weighted by molar-refractivity contribution is -0.120. The van der Waals surface area contributed by atoms with E-state index in [4.69, 9.17) is 44.3 Å². The first-order valence-electron chi connectivity index (χ1n) is 11.1. The molecule has 1 aliphatic heterocycles. The van der Waals surface area contributed by atoms with Crippen molar-refractivity contribution in [2.45, 2.75) is 25.6 Å². The third-order valence-corrected chi connectivity index (χ3v) is 6.45. The van der Waals surface area contributed by atoms with Crippen molar-refractivity contribution in [2.24, 2.45) is 4.99 Å². The van der Waals surface area contributed by atoms with Gasteiger partial charge in [-0.2, -0.15) is 0 Å². The molecule has 4 rings (SSSR count). The molecule has 1 aliphatic rings. The minimum atomic E-state index is -1.33. The van der Waals surface area contributed by atoms with Crippen LogP contribution in [-0.4, -0.2) is 48.4 Å². The Hall–Kier alpha value is -3.04. The second kappa shape index (κ2) is 11.6. The molecule has 2 atom stereocenters. The molecule has 0 spiro atoms. The van der Waals surface area contributed by atoms with E-state index < -0.39 is 23.7 Å². The summed E-state index contributed by atoms with van der Waals surface area (Å²) in [6.07, 6.45) is -0.720. The number of rotatable bonds is 7. The number of pyridine rings is 1. The van der Waals surface area contributed by atoms with Gasteiger partial charge < -0.3 is 14.8 Å². The second-order valence-corrected chi connectivity index (χ2v) is 9.51. The van der Waals surface area contributed by atoms with Crippen molar-refractivity contribution in [2.75, 3.05) is 13.7 Å². The number of aliphatic imine (C=N–C) groups is 1. The van der Waals surface area contributed by atoms with Crippen molar-refractivity contribution in [3.63, 3.8) is 0 Å². The molecule has 1 unspecified atom stereocenters. The number of hydrogen-bond acceptors (Lipinski definition) is 6. The molecular formula is C26H21Cl3FN3O4. The van der Waals surface area contributed by atoms with Gasteiger partial charge in [-0.3, -0.25) is 14.6 Å². The third-order valence-electron chi connectivity index (χ3n) is 5.63. The van der Waals surface area contributed by atoms with E-state index in [-0.39, 0.29) is 40.6 Å². The Morgan fingerprint density at radius 2 is 1.89 bits per heavy atom. The molecule has 2 aromatic carbocycles. The van der Waals surface area contributed by atoms with Crippen LogP contribution in [0.2, 0.25) is 15.1 Å². The van der Waals surface area contributed by atoms with Crippen LogP contribution in [0.4, 0.5) is 4.39 Å². The number of Topliss-reactive ketones (excluding diaryl/α,β-unsaturated/α-hetero) is 1. The number of carbonyl (C=O) groups excluding carboxylic acids is 2. The second-order valence-electron chi connectivity index (χ2n) is 8.26. The van der Waals surface area contributed by atoms with Crippen molar-refractivity contribution >= 4 is 52.2 Å². The van der Waals surface area contributed by atoms with Crippen LogP contribution in [0.3, 0.4) is 0 Å². The van der Waals surface area contributed by atoms with Gasteiger partial charge in [0.05, 0.1) is 28.1 Å². The van der Waals surface area contributed by atoms with Crippen molar-refractivity contribution in [1.29, 1.82) is 0 Å². The maximum Gasteiger partial charge on any atom is 0.258 e. The summed E-state index contributed by atoms with van der Waals surface area (Å²) >= 11 is 19.1.